The lowest BCUT2D eigenvalue weighted by molar-refractivity contribution is 0.552. The van der Waals surface area contributed by atoms with E-state index in [4.69, 9.17) is 0 Å². The number of thiophene rings is 1. The number of nitrogens with zero attached hydrogens (tertiary/aromatic N) is 4. The molecule has 98 valence electrons. The van der Waals surface area contributed by atoms with Crippen molar-refractivity contribution in [1.29, 1.82) is 0 Å². The molecule has 6 heteroatoms. The Labute approximate surface area is 111 Å². The topological polar surface area (TPSA) is 55.6 Å². The summed E-state index contributed by atoms with van der Waals surface area (Å²) in [5.74, 6) is 1.30. The van der Waals surface area contributed by atoms with E-state index < -0.39 is 0 Å². The lowest BCUT2D eigenvalue weighted by Gasteiger charge is -2.00. The molecule has 0 radical (unpaired) electrons. The molecule has 0 aromatic carbocycles. The van der Waals surface area contributed by atoms with Gasteiger partial charge in [-0.3, -0.25) is 0 Å². The number of rotatable bonds is 6. The maximum absolute atomic E-state index is 4.19. The van der Waals surface area contributed by atoms with Crippen LogP contribution in [0.5, 0.6) is 0 Å². The molecule has 5 nitrogen and oxygen atoms in total. The first-order chi connectivity index (χ1) is 8.67. The molecular formula is C12H19N5S. The summed E-state index contributed by atoms with van der Waals surface area (Å²) in [6.45, 7) is 7.97. The fraction of sp³-hybridized carbons (Fsp3) is 0.583. The number of nitrogens with one attached hydrogen (secondary N) is 1. The van der Waals surface area contributed by atoms with Gasteiger partial charge in [-0.1, -0.05) is 18.9 Å². The Morgan fingerprint density at radius 1 is 1.33 bits per heavy atom. The Morgan fingerprint density at radius 2 is 2.11 bits per heavy atom. The van der Waals surface area contributed by atoms with Crippen molar-refractivity contribution in [2.24, 2.45) is 5.92 Å². The Morgan fingerprint density at radius 3 is 2.78 bits per heavy atom. The summed E-state index contributed by atoms with van der Waals surface area (Å²) in [5.41, 5.74) is 0. The molecule has 0 aliphatic heterocycles. The van der Waals surface area contributed by atoms with Gasteiger partial charge in [0.15, 0.2) is 0 Å². The minimum absolute atomic E-state index is 0.593. The van der Waals surface area contributed by atoms with Gasteiger partial charge < -0.3 is 5.32 Å². The van der Waals surface area contributed by atoms with Gasteiger partial charge in [0.1, 0.15) is 0 Å². The first kappa shape index (κ1) is 13.0. The van der Waals surface area contributed by atoms with Crippen molar-refractivity contribution in [2.45, 2.75) is 40.3 Å². The van der Waals surface area contributed by atoms with Gasteiger partial charge in [0, 0.05) is 9.75 Å². The lowest BCUT2D eigenvalue weighted by atomic mass is 10.1. The Balaban J connectivity index is 1.87. The zero-order valence-electron chi connectivity index (χ0n) is 11.1. The highest BCUT2D eigenvalue weighted by Gasteiger charge is 2.04. The molecule has 0 bridgehead atoms. The summed E-state index contributed by atoms with van der Waals surface area (Å²) in [6, 6.07) is 4.37. The Hall–Kier alpha value is -1.43. The number of aryl methyl sites for hydroxylation is 1. The number of anilines is 1. The monoisotopic (exact) mass is 265 g/mol. The molecule has 0 spiro atoms. The van der Waals surface area contributed by atoms with Crippen molar-refractivity contribution in [3.8, 4) is 0 Å². The normalized spacial score (nSPS) is 11.1. The minimum Gasteiger partial charge on any atom is -0.347 e. The number of tetrazole rings is 1. The first-order valence-corrected chi connectivity index (χ1v) is 7.08. The van der Waals surface area contributed by atoms with Crippen molar-refractivity contribution in [2.75, 3.05) is 5.32 Å². The maximum Gasteiger partial charge on any atom is 0.263 e. The molecule has 2 aromatic rings. The molecule has 1 N–H and O–H groups in total. The van der Waals surface area contributed by atoms with Crippen LogP contribution in [0, 0.1) is 5.92 Å². The van der Waals surface area contributed by atoms with Gasteiger partial charge in [0.2, 0.25) is 0 Å². The quantitative estimate of drug-likeness (QED) is 0.872. The van der Waals surface area contributed by atoms with Crippen molar-refractivity contribution < 1.29 is 0 Å². The molecule has 0 saturated heterocycles. The molecule has 0 aliphatic carbocycles. The standard InChI is InChI=1S/C12H19N5S/c1-4-17-15-12(14-16-17)13-8-11-6-5-10(18-11)7-9(2)3/h5-6,9H,4,7-8H2,1-3H3,(H,13,15). The first-order valence-electron chi connectivity index (χ1n) is 6.26. The van der Waals surface area contributed by atoms with Crippen LogP contribution in [0.3, 0.4) is 0 Å². The zero-order valence-corrected chi connectivity index (χ0v) is 11.9. The highest BCUT2D eigenvalue weighted by atomic mass is 32.1. The van der Waals surface area contributed by atoms with Crippen LogP contribution in [0.4, 0.5) is 5.95 Å². The third-order valence-electron chi connectivity index (χ3n) is 2.48. The van der Waals surface area contributed by atoms with E-state index in [1.54, 1.807) is 4.80 Å². The minimum atomic E-state index is 0.593. The molecule has 0 fully saturated rings. The molecule has 0 atom stereocenters. The Bertz CT molecular complexity index is 488. The summed E-state index contributed by atoms with van der Waals surface area (Å²) in [6.07, 6.45) is 1.15. The molecule has 2 aromatic heterocycles. The van der Waals surface area contributed by atoms with Gasteiger partial charge in [-0.05, 0) is 36.6 Å². The summed E-state index contributed by atoms with van der Waals surface area (Å²) in [7, 11) is 0. The second-order valence-corrected chi connectivity index (χ2v) is 5.87. The van der Waals surface area contributed by atoms with Gasteiger partial charge in [0.25, 0.3) is 5.95 Å². The van der Waals surface area contributed by atoms with Crippen LogP contribution in [0.2, 0.25) is 0 Å². The molecule has 0 unspecified atom stereocenters. The van der Waals surface area contributed by atoms with Crippen LogP contribution in [-0.4, -0.2) is 20.2 Å². The average molecular weight is 265 g/mol. The summed E-state index contributed by atoms with van der Waals surface area (Å²) < 4.78 is 0. The number of hydrogen-bond donors (Lipinski definition) is 1. The van der Waals surface area contributed by atoms with Crippen LogP contribution in [0.15, 0.2) is 12.1 Å². The molecular weight excluding hydrogens is 246 g/mol. The van der Waals surface area contributed by atoms with E-state index in [2.05, 4.69) is 46.7 Å². The van der Waals surface area contributed by atoms with Crippen LogP contribution >= 0.6 is 11.3 Å². The van der Waals surface area contributed by atoms with Crippen molar-refractivity contribution in [3.05, 3.63) is 21.9 Å². The summed E-state index contributed by atoms with van der Waals surface area (Å²) in [5, 5.41) is 15.2. The predicted molar refractivity (Wildman–Crippen MR) is 73.7 cm³/mol. The van der Waals surface area contributed by atoms with Gasteiger partial charge in [-0.25, -0.2) is 0 Å². The van der Waals surface area contributed by atoms with Crippen molar-refractivity contribution >= 4 is 17.3 Å². The van der Waals surface area contributed by atoms with Crippen LogP contribution in [0.25, 0.3) is 0 Å². The maximum atomic E-state index is 4.19. The third kappa shape index (κ3) is 3.53. The van der Waals surface area contributed by atoms with Gasteiger partial charge in [-0.2, -0.15) is 4.80 Å². The third-order valence-corrected chi connectivity index (χ3v) is 3.59. The van der Waals surface area contributed by atoms with E-state index in [1.165, 1.54) is 9.75 Å². The Kier molecular flexibility index (Phi) is 4.30. The fourth-order valence-corrected chi connectivity index (χ4v) is 2.81. The van der Waals surface area contributed by atoms with Crippen molar-refractivity contribution in [1.82, 2.24) is 20.2 Å². The molecule has 0 amide bonds. The highest BCUT2D eigenvalue weighted by molar-refractivity contribution is 7.12. The van der Waals surface area contributed by atoms with E-state index in [9.17, 15) is 0 Å². The lowest BCUT2D eigenvalue weighted by Crippen LogP contribution is -2.01. The van der Waals surface area contributed by atoms with E-state index in [1.807, 2.05) is 18.3 Å². The van der Waals surface area contributed by atoms with E-state index in [0.717, 1.165) is 19.5 Å². The predicted octanol–water partition coefficient (Wildman–Crippen LogP) is 2.57. The van der Waals surface area contributed by atoms with Crippen LogP contribution in [-0.2, 0) is 19.5 Å². The van der Waals surface area contributed by atoms with Crippen molar-refractivity contribution in [3.63, 3.8) is 0 Å². The van der Waals surface area contributed by atoms with E-state index in [0.29, 0.717) is 11.9 Å². The van der Waals surface area contributed by atoms with Gasteiger partial charge in [0.05, 0.1) is 13.1 Å². The fourth-order valence-electron chi connectivity index (χ4n) is 1.64. The van der Waals surface area contributed by atoms with Crippen LogP contribution in [0.1, 0.15) is 30.5 Å². The number of hydrogen-bond acceptors (Lipinski definition) is 5. The van der Waals surface area contributed by atoms with Gasteiger partial charge >= 0.3 is 0 Å². The number of aromatic nitrogens is 4. The molecule has 18 heavy (non-hydrogen) atoms. The van der Waals surface area contributed by atoms with Crippen LogP contribution < -0.4 is 5.32 Å². The van der Waals surface area contributed by atoms with Gasteiger partial charge in [-0.15, -0.1) is 16.4 Å². The second kappa shape index (κ2) is 5.95. The average Bonchev–Trinajstić information content (AvgIpc) is 2.94. The van der Waals surface area contributed by atoms with E-state index >= 15 is 0 Å². The summed E-state index contributed by atoms with van der Waals surface area (Å²) >= 11 is 1.85. The molecule has 0 aliphatic rings. The SMILES string of the molecule is CCn1nnc(NCc2ccc(CC(C)C)s2)n1. The molecule has 2 rings (SSSR count). The molecule has 0 saturated carbocycles. The second-order valence-electron chi connectivity index (χ2n) is 4.62. The smallest absolute Gasteiger partial charge is 0.263 e. The largest absolute Gasteiger partial charge is 0.347 e. The summed E-state index contributed by atoms with van der Waals surface area (Å²) in [4.78, 5) is 4.31. The zero-order chi connectivity index (χ0) is 13.0. The highest BCUT2D eigenvalue weighted by Crippen LogP contribution is 2.20. The molecule has 2 heterocycles. The van der Waals surface area contributed by atoms with E-state index in [-0.39, 0.29) is 0 Å².